The van der Waals surface area contributed by atoms with Gasteiger partial charge in [-0.1, -0.05) is 29.3 Å². The molecule has 24 heavy (non-hydrogen) atoms. The second-order valence-electron chi connectivity index (χ2n) is 5.91. The predicted molar refractivity (Wildman–Crippen MR) is 96.6 cm³/mol. The molecular weight excluding hydrogens is 347 g/mol. The Morgan fingerprint density at radius 3 is 2.21 bits per heavy atom. The molecule has 0 radical (unpaired) electrons. The molecule has 4 nitrogen and oxygen atoms in total. The molecule has 0 aliphatic heterocycles. The highest BCUT2D eigenvalue weighted by Crippen LogP contribution is 2.47. The van der Waals surface area contributed by atoms with Crippen LogP contribution in [0.5, 0.6) is 0 Å². The first-order valence-corrected chi connectivity index (χ1v) is 8.31. The molecule has 0 unspecified atom stereocenters. The molecule has 1 fully saturated rings. The number of halogens is 2. The molecule has 3 rings (SSSR count). The van der Waals surface area contributed by atoms with Crippen LogP contribution >= 0.6 is 23.2 Å². The number of carbonyl (C=O) groups is 2. The Kier molecular flexibility index (Phi) is 4.52. The van der Waals surface area contributed by atoms with Crippen molar-refractivity contribution in [2.24, 2.45) is 5.41 Å². The van der Waals surface area contributed by atoms with E-state index >= 15 is 0 Å². The number of amides is 2. The Hall–Kier alpha value is -2.04. The molecule has 6 heteroatoms. The van der Waals surface area contributed by atoms with Gasteiger partial charge in [0.2, 0.25) is 11.8 Å². The van der Waals surface area contributed by atoms with Crippen LogP contribution in [0.25, 0.3) is 0 Å². The fourth-order valence-corrected chi connectivity index (χ4v) is 2.75. The Morgan fingerprint density at radius 1 is 0.958 bits per heavy atom. The average Bonchev–Trinajstić information content (AvgIpc) is 3.36. The summed E-state index contributed by atoms with van der Waals surface area (Å²) in [6.07, 6.45) is 1.05. The summed E-state index contributed by atoms with van der Waals surface area (Å²) in [5.74, 6) is -0.610. The maximum absolute atomic E-state index is 12.6. The van der Waals surface area contributed by atoms with Gasteiger partial charge in [0.1, 0.15) is 5.41 Å². The van der Waals surface area contributed by atoms with E-state index in [1.807, 2.05) is 6.92 Å². The summed E-state index contributed by atoms with van der Waals surface area (Å²) in [7, 11) is 0. The number of nitrogens with one attached hydrogen (secondary N) is 2. The molecule has 2 aromatic carbocycles. The topological polar surface area (TPSA) is 58.2 Å². The van der Waals surface area contributed by atoms with E-state index in [4.69, 9.17) is 23.2 Å². The van der Waals surface area contributed by atoms with Crippen LogP contribution < -0.4 is 10.6 Å². The van der Waals surface area contributed by atoms with Gasteiger partial charge < -0.3 is 10.6 Å². The zero-order valence-corrected chi connectivity index (χ0v) is 14.5. The third-order valence-corrected chi connectivity index (χ3v) is 4.90. The number of hydrogen-bond donors (Lipinski definition) is 2. The van der Waals surface area contributed by atoms with Crippen LogP contribution in [0.2, 0.25) is 10.0 Å². The van der Waals surface area contributed by atoms with Crippen LogP contribution in [0.3, 0.4) is 0 Å². The van der Waals surface area contributed by atoms with E-state index in [9.17, 15) is 9.59 Å². The van der Waals surface area contributed by atoms with Crippen molar-refractivity contribution in [1.82, 2.24) is 0 Å². The van der Waals surface area contributed by atoms with E-state index in [-0.39, 0.29) is 11.8 Å². The normalized spacial score (nSPS) is 14.8. The molecule has 2 N–H and O–H groups in total. The van der Waals surface area contributed by atoms with Gasteiger partial charge in [0.25, 0.3) is 0 Å². The van der Waals surface area contributed by atoms with E-state index in [1.165, 1.54) is 0 Å². The van der Waals surface area contributed by atoms with E-state index < -0.39 is 5.41 Å². The maximum atomic E-state index is 12.6. The summed E-state index contributed by atoms with van der Waals surface area (Å²) in [4.78, 5) is 25.1. The summed E-state index contributed by atoms with van der Waals surface area (Å²) in [6, 6.07) is 12.1. The minimum atomic E-state index is -1.02. The molecule has 0 spiro atoms. The van der Waals surface area contributed by atoms with Gasteiger partial charge in [-0.2, -0.15) is 0 Å². The molecule has 2 amide bonds. The largest absolute Gasteiger partial charge is 0.325 e. The van der Waals surface area contributed by atoms with Gasteiger partial charge in [-0.05, 0) is 61.7 Å². The lowest BCUT2D eigenvalue weighted by Crippen LogP contribution is -2.35. The molecule has 1 aliphatic rings. The number of rotatable bonds is 4. The summed E-state index contributed by atoms with van der Waals surface area (Å²) < 4.78 is 0. The highest BCUT2D eigenvalue weighted by molar-refractivity contribution is 6.32. The Morgan fingerprint density at radius 2 is 1.58 bits per heavy atom. The number of hydrogen-bond acceptors (Lipinski definition) is 2. The molecule has 0 heterocycles. The summed E-state index contributed by atoms with van der Waals surface area (Å²) in [5.41, 5.74) is 0.996. The second kappa shape index (κ2) is 6.46. The van der Waals surface area contributed by atoms with Crippen molar-refractivity contribution in [3.05, 3.63) is 58.1 Å². The highest BCUT2D eigenvalue weighted by Gasteiger charge is 2.56. The van der Waals surface area contributed by atoms with Gasteiger partial charge in [-0.15, -0.1) is 0 Å². The van der Waals surface area contributed by atoms with Crippen molar-refractivity contribution in [2.45, 2.75) is 19.8 Å². The fraction of sp³-hybridized carbons (Fsp3) is 0.222. The summed E-state index contributed by atoms with van der Waals surface area (Å²) in [5, 5.41) is 6.76. The van der Waals surface area contributed by atoms with Gasteiger partial charge in [-0.25, -0.2) is 0 Å². The molecule has 0 bridgehead atoms. The first-order valence-electron chi connectivity index (χ1n) is 7.56. The molecule has 1 aliphatic carbocycles. The van der Waals surface area contributed by atoms with Gasteiger partial charge >= 0.3 is 0 Å². The van der Waals surface area contributed by atoms with Crippen molar-refractivity contribution in [1.29, 1.82) is 0 Å². The van der Waals surface area contributed by atoms with E-state index in [1.54, 1.807) is 42.5 Å². The van der Waals surface area contributed by atoms with E-state index in [0.29, 0.717) is 34.3 Å². The van der Waals surface area contributed by atoms with E-state index in [0.717, 1.165) is 5.56 Å². The SMILES string of the molecule is Cc1c(Cl)cccc1NC(=O)C1(C(=O)Nc2ccc(Cl)cc2)CC1. The van der Waals surface area contributed by atoms with Gasteiger partial charge in [0, 0.05) is 21.4 Å². The lowest BCUT2D eigenvalue weighted by molar-refractivity contribution is -0.131. The number of anilines is 2. The second-order valence-corrected chi connectivity index (χ2v) is 6.75. The predicted octanol–water partition coefficient (Wildman–Crippen LogP) is 4.66. The zero-order valence-electron chi connectivity index (χ0n) is 13.0. The van der Waals surface area contributed by atoms with Gasteiger partial charge in [0.15, 0.2) is 0 Å². The third-order valence-electron chi connectivity index (χ3n) is 4.24. The zero-order chi connectivity index (χ0) is 17.3. The number of benzene rings is 2. The van der Waals surface area contributed by atoms with Gasteiger partial charge in [-0.3, -0.25) is 9.59 Å². The minimum absolute atomic E-state index is 0.304. The Balaban J connectivity index is 1.73. The third kappa shape index (κ3) is 3.25. The van der Waals surface area contributed by atoms with Gasteiger partial charge in [0.05, 0.1) is 0 Å². The summed E-state index contributed by atoms with van der Waals surface area (Å²) in [6.45, 7) is 1.82. The highest BCUT2D eigenvalue weighted by atomic mass is 35.5. The van der Waals surface area contributed by atoms with Crippen molar-refractivity contribution in [2.75, 3.05) is 10.6 Å². The maximum Gasteiger partial charge on any atom is 0.240 e. The fourth-order valence-electron chi connectivity index (χ4n) is 2.45. The number of carbonyl (C=O) groups excluding carboxylic acids is 2. The minimum Gasteiger partial charge on any atom is -0.325 e. The first-order chi connectivity index (χ1) is 11.4. The molecule has 1 saturated carbocycles. The lowest BCUT2D eigenvalue weighted by Gasteiger charge is -2.17. The van der Waals surface area contributed by atoms with Crippen molar-refractivity contribution in [3.8, 4) is 0 Å². The van der Waals surface area contributed by atoms with Crippen LogP contribution in [0.1, 0.15) is 18.4 Å². The van der Waals surface area contributed by atoms with Crippen molar-refractivity contribution in [3.63, 3.8) is 0 Å². The summed E-state index contributed by atoms with van der Waals surface area (Å²) >= 11 is 11.9. The van der Waals surface area contributed by atoms with Crippen LogP contribution in [0, 0.1) is 12.3 Å². The molecule has 0 saturated heterocycles. The van der Waals surface area contributed by atoms with E-state index in [2.05, 4.69) is 10.6 Å². The monoisotopic (exact) mass is 362 g/mol. The molecule has 0 atom stereocenters. The molecule has 2 aromatic rings. The molecule has 124 valence electrons. The quantitative estimate of drug-likeness (QED) is 0.777. The van der Waals surface area contributed by atoms with Crippen LogP contribution in [0.15, 0.2) is 42.5 Å². The Labute approximate surface area is 150 Å². The first kappa shape index (κ1) is 16.8. The molecule has 0 aromatic heterocycles. The molecular formula is C18H16Cl2N2O2. The van der Waals surface area contributed by atoms with Crippen LogP contribution in [0.4, 0.5) is 11.4 Å². The standard InChI is InChI=1S/C18H16Cl2N2O2/c1-11-14(20)3-2-4-15(11)22-17(24)18(9-10-18)16(23)21-13-7-5-12(19)6-8-13/h2-8H,9-10H2,1H3,(H,21,23)(H,22,24). The van der Waals surface area contributed by atoms with Crippen molar-refractivity contribution < 1.29 is 9.59 Å². The lowest BCUT2D eigenvalue weighted by atomic mass is 10.0. The van der Waals surface area contributed by atoms with Crippen molar-refractivity contribution >= 4 is 46.4 Å². The average molecular weight is 363 g/mol. The smallest absolute Gasteiger partial charge is 0.240 e. The Bertz CT molecular complexity index is 799. The van der Waals surface area contributed by atoms with Crippen LogP contribution in [-0.4, -0.2) is 11.8 Å². The van der Waals surface area contributed by atoms with Crippen LogP contribution in [-0.2, 0) is 9.59 Å².